The van der Waals surface area contributed by atoms with E-state index in [4.69, 9.17) is 4.74 Å². The Bertz CT molecular complexity index is 827. The Morgan fingerprint density at radius 3 is 2.65 bits per heavy atom. The van der Waals surface area contributed by atoms with E-state index in [0.29, 0.717) is 18.4 Å². The molecule has 0 aliphatic carbocycles. The zero-order chi connectivity index (χ0) is 18.4. The van der Waals surface area contributed by atoms with Crippen molar-refractivity contribution in [2.75, 3.05) is 44.7 Å². The monoisotopic (exact) mass is 361 g/mol. The van der Waals surface area contributed by atoms with E-state index in [9.17, 15) is 9.59 Å². The molecule has 1 fully saturated rings. The van der Waals surface area contributed by atoms with Gasteiger partial charge in [0.1, 0.15) is 6.20 Å². The molecule has 0 atom stereocenters. The highest BCUT2D eigenvalue weighted by molar-refractivity contribution is 5.32. The first-order chi connectivity index (χ1) is 12.7. The van der Waals surface area contributed by atoms with Crippen LogP contribution in [-0.4, -0.2) is 69.5 Å². The van der Waals surface area contributed by atoms with Gasteiger partial charge >= 0.3 is 5.69 Å². The van der Waals surface area contributed by atoms with E-state index in [-0.39, 0.29) is 0 Å². The molecule has 2 aromatic heterocycles. The van der Waals surface area contributed by atoms with Crippen molar-refractivity contribution in [1.29, 1.82) is 0 Å². The first-order valence-corrected chi connectivity index (χ1v) is 8.66. The Morgan fingerprint density at radius 2 is 1.92 bits per heavy atom. The molecule has 1 saturated heterocycles. The minimum absolute atomic E-state index is 0.454. The van der Waals surface area contributed by atoms with Crippen LogP contribution in [0.25, 0.3) is 0 Å². The smallest absolute Gasteiger partial charge is 0.344 e. The molecule has 140 valence electrons. The van der Waals surface area contributed by atoms with Gasteiger partial charge in [0.15, 0.2) is 0 Å². The molecule has 3 heterocycles. The van der Waals surface area contributed by atoms with Gasteiger partial charge in [-0.1, -0.05) is 0 Å². The standard InChI is InChI=1S/C16H23N7O3/c1-26-14-4-5-17-15(20-14)22-10-8-21(9-11-22)6-2-3-7-23-16(25)19-13(24)12-18-23/h4-5,12H,2-3,6-11H2,1H3,(H,19,24,25). The summed E-state index contributed by atoms with van der Waals surface area (Å²) in [5.74, 6) is 1.27. The van der Waals surface area contributed by atoms with Crippen molar-refractivity contribution in [3.63, 3.8) is 0 Å². The van der Waals surface area contributed by atoms with E-state index in [0.717, 1.165) is 51.8 Å². The Labute approximate surface area is 150 Å². The molecule has 0 unspecified atom stereocenters. The third-order valence-corrected chi connectivity index (χ3v) is 4.35. The number of rotatable bonds is 7. The van der Waals surface area contributed by atoms with Crippen molar-refractivity contribution >= 4 is 5.95 Å². The molecule has 0 saturated carbocycles. The summed E-state index contributed by atoms with van der Waals surface area (Å²) in [5, 5.41) is 3.84. The number of ether oxygens (including phenoxy) is 1. The van der Waals surface area contributed by atoms with Crippen molar-refractivity contribution in [2.24, 2.45) is 0 Å². The highest BCUT2D eigenvalue weighted by Gasteiger charge is 2.18. The van der Waals surface area contributed by atoms with Gasteiger partial charge in [-0.15, -0.1) is 0 Å². The molecule has 1 N–H and O–H groups in total. The van der Waals surface area contributed by atoms with Gasteiger partial charge in [-0.05, 0) is 19.4 Å². The number of aryl methyl sites for hydroxylation is 1. The summed E-state index contributed by atoms with van der Waals surface area (Å²) in [6, 6.07) is 1.74. The second-order valence-electron chi connectivity index (χ2n) is 6.10. The average Bonchev–Trinajstić information content (AvgIpc) is 2.67. The second-order valence-corrected chi connectivity index (χ2v) is 6.10. The van der Waals surface area contributed by atoms with Gasteiger partial charge < -0.3 is 9.64 Å². The lowest BCUT2D eigenvalue weighted by Gasteiger charge is -2.34. The number of hydrogen-bond donors (Lipinski definition) is 1. The molecule has 0 amide bonds. The fourth-order valence-electron chi connectivity index (χ4n) is 2.90. The van der Waals surface area contributed by atoms with Crippen LogP contribution in [-0.2, 0) is 6.54 Å². The molecule has 0 aromatic carbocycles. The van der Waals surface area contributed by atoms with E-state index < -0.39 is 11.2 Å². The Balaban J connectivity index is 1.40. The van der Waals surface area contributed by atoms with Gasteiger partial charge in [0.05, 0.1) is 7.11 Å². The summed E-state index contributed by atoms with van der Waals surface area (Å²) in [7, 11) is 1.60. The van der Waals surface area contributed by atoms with E-state index in [1.54, 1.807) is 19.4 Å². The molecule has 2 aromatic rings. The quantitative estimate of drug-likeness (QED) is 0.647. The number of hydrogen-bond acceptors (Lipinski definition) is 8. The van der Waals surface area contributed by atoms with Crippen LogP contribution in [0.5, 0.6) is 5.88 Å². The van der Waals surface area contributed by atoms with E-state index in [1.165, 1.54) is 4.68 Å². The van der Waals surface area contributed by atoms with Crippen LogP contribution < -0.4 is 20.9 Å². The van der Waals surface area contributed by atoms with Crippen molar-refractivity contribution < 1.29 is 4.74 Å². The fraction of sp³-hybridized carbons (Fsp3) is 0.562. The molecule has 3 rings (SSSR count). The zero-order valence-corrected chi connectivity index (χ0v) is 14.8. The van der Waals surface area contributed by atoms with Crippen LogP contribution in [0.2, 0.25) is 0 Å². The summed E-state index contributed by atoms with van der Waals surface area (Å²) in [6.45, 7) is 5.09. The minimum atomic E-state index is -0.468. The van der Waals surface area contributed by atoms with E-state index >= 15 is 0 Å². The lowest BCUT2D eigenvalue weighted by Crippen LogP contribution is -2.47. The Morgan fingerprint density at radius 1 is 1.15 bits per heavy atom. The van der Waals surface area contributed by atoms with Crippen molar-refractivity contribution in [1.82, 2.24) is 29.6 Å². The SMILES string of the molecule is COc1ccnc(N2CCN(CCCCn3ncc(=O)[nH]c3=O)CC2)n1. The molecule has 1 aliphatic heterocycles. The van der Waals surface area contributed by atoms with Crippen molar-refractivity contribution in [3.8, 4) is 5.88 Å². The predicted molar refractivity (Wildman–Crippen MR) is 95.6 cm³/mol. The number of aromatic nitrogens is 5. The number of anilines is 1. The van der Waals surface area contributed by atoms with Gasteiger partial charge in [0, 0.05) is 45.0 Å². The van der Waals surface area contributed by atoms with E-state index in [2.05, 4.69) is 29.9 Å². The molecular weight excluding hydrogens is 338 g/mol. The largest absolute Gasteiger partial charge is 0.481 e. The maximum atomic E-state index is 11.6. The van der Waals surface area contributed by atoms with Crippen LogP contribution in [0.3, 0.4) is 0 Å². The molecule has 0 radical (unpaired) electrons. The maximum absolute atomic E-state index is 11.6. The zero-order valence-electron chi connectivity index (χ0n) is 14.8. The molecule has 10 nitrogen and oxygen atoms in total. The number of piperazine rings is 1. The first-order valence-electron chi connectivity index (χ1n) is 8.66. The summed E-state index contributed by atoms with van der Waals surface area (Å²) in [6.07, 6.45) is 4.63. The van der Waals surface area contributed by atoms with Crippen LogP contribution in [0, 0.1) is 0 Å². The van der Waals surface area contributed by atoms with Gasteiger partial charge in [0.2, 0.25) is 11.8 Å². The summed E-state index contributed by atoms with van der Waals surface area (Å²) >= 11 is 0. The third-order valence-electron chi connectivity index (χ3n) is 4.35. The van der Waals surface area contributed by atoms with Crippen LogP contribution in [0.1, 0.15) is 12.8 Å². The van der Waals surface area contributed by atoms with Crippen molar-refractivity contribution in [2.45, 2.75) is 19.4 Å². The number of methoxy groups -OCH3 is 1. The number of nitrogens with zero attached hydrogens (tertiary/aromatic N) is 6. The van der Waals surface area contributed by atoms with E-state index in [1.807, 2.05) is 0 Å². The summed E-state index contributed by atoms with van der Waals surface area (Å²) < 4.78 is 6.44. The molecule has 1 aliphatic rings. The number of nitrogens with one attached hydrogen (secondary N) is 1. The molecular formula is C16H23N7O3. The lowest BCUT2D eigenvalue weighted by molar-refractivity contribution is 0.249. The molecule has 26 heavy (non-hydrogen) atoms. The lowest BCUT2D eigenvalue weighted by atomic mass is 10.2. The Hall–Kier alpha value is -2.75. The third kappa shape index (κ3) is 4.66. The summed E-state index contributed by atoms with van der Waals surface area (Å²) in [5.41, 5.74) is -0.923. The average molecular weight is 361 g/mol. The number of aromatic amines is 1. The predicted octanol–water partition coefficient (Wildman–Crippen LogP) is -0.667. The highest BCUT2D eigenvalue weighted by Crippen LogP contribution is 2.14. The van der Waals surface area contributed by atoms with Gasteiger partial charge in [-0.3, -0.25) is 14.7 Å². The molecule has 0 spiro atoms. The first kappa shape index (κ1) is 18.1. The second kappa shape index (κ2) is 8.56. The van der Waals surface area contributed by atoms with Gasteiger partial charge in [-0.2, -0.15) is 10.1 Å². The fourth-order valence-corrected chi connectivity index (χ4v) is 2.90. The normalized spacial score (nSPS) is 15.2. The summed E-state index contributed by atoms with van der Waals surface area (Å²) in [4.78, 5) is 38.0. The van der Waals surface area contributed by atoms with Gasteiger partial charge in [-0.25, -0.2) is 14.5 Å². The van der Waals surface area contributed by atoms with Crippen LogP contribution in [0.15, 0.2) is 28.0 Å². The highest BCUT2D eigenvalue weighted by atomic mass is 16.5. The Kier molecular flexibility index (Phi) is 5.95. The number of unbranched alkanes of at least 4 members (excludes halogenated alkanes) is 1. The maximum Gasteiger partial charge on any atom is 0.344 e. The van der Waals surface area contributed by atoms with Gasteiger partial charge in [0.25, 0.3) is 5.56 Å². The molecule has 0 bridgehead atoms. The van der Waals surface area contributed by atoms with Crippen molar-refractivity contribution in [3.05, 3.63) is 39.3 Å². The minimum Gasteiger partial charge on any atom is -0.481 e. The van der Waals surface area contributed by atoms with Crippen LogP contribution >= 0.6 is 0 Å². The van der Waals surface area contributed by atoms with Crippen LogP contribution in [0.4, 0.5) is 5.95 Å². The molecule has 10 heteroatoms. The topological polar surface area (TPSA) is 109 Å². The number of H-pyrrole nitrogens is 1.